The molecule has 0 bridgehead atoms. The summed E-state index contributed by atoms with van der Waals surface area (Å²) < 4.78 is 0. The third-order valence-electron chi connectivity index (χ3n) is 3.58. The van der Waals surface area contributed by atoms with Gasteiger partial charge in [0, 0.05) is 17.3 Å². The molecular weight excluding hydrogens is 242 g/mol. The summed E-state index contributed by atoms with van der Waals surface area (Å²) in [6.07, 6.45) is 5.45. The third kappa shape index (κ3) is 3.03. The molecule has 102 valence electrons. The lowest BCUT2D eigenvalue weighted by Crippen LogP contribution is -2.10. The Morgan fingerprint density at radius 3 is 2.30 bits per heavy atom. The highest BCUT2D eigenvalue weighted by Gasteiger charge is 2.12. The lowest BCUT2D eigenvalue weighted by atomic mass is 9.94. The van der Waals surface area contributed by atoms with Crippen molar-refractivity contribution in [2.45, 2.75) is 33.7 Å². The lowest BCUT2D eigenvalue weighted by molar-refractivity contribution is 0.862. The quantitative estimate of drug-likeness (QED) is 0.787. The summed E-state index contributed by atoms with van der Waals surface area (Å²) in [7, 11) is 0. The first-order chi connectivity index (χ1) is 9.51. The maximum absolute atomic E-state index is 5.45. The summed E-state index contributed by atoms with van der Waals surface area (Å²) in [5.74, 6) is 2.67. The minimum atomic E-state index is 0.253. The predicted molar refractivity (Wildman–Crippen MR) is 87.1 cm³/mol. The normalized spacial score (nSPS) is 11.8. The molecule has 0 radical (unpaired) electrons. The van der Waals surface area contributed by atoms with Crippen LogP contribution in [0, 0.1) is 33.1 Å². The van der Waals surface area contributed by atoms with Crippen molar-refractivity contribution in [1.82, 2.24) is 0 Å². The second-order valence-electron chi connectivity index (χ2n) is 5.40. The SMILES string of the molecule is C#Cc1cccc(NC(C)c2c(C)cc(C)cc2C)c1. The van der Waals surface area contributed by atoms with Crippen LogP contribution in [0.2, 0.25) is 0 Å². The van der Waals surface area contributed by atoms with Crippen molar-refractivity contribution in [1.29, 1.82) is 0 Å². The maximum atomic E-state index is 5.45. The molecule has 20 heavy (non-hydrogen) atoms. The van der Waals surface area contributed by atoms with Crippen molar-refractivity contribution in [3.63, 3.8) is 0 Å². The highest BCUT2D eigenvalue weighted by atomic mass is 14.9. The van der Waals surface area contributed by atoms with Gasteiger partial charge in [-0.2, -0.15) is 0 Å². The van der Waals surface area contributed by atoms with Crippen molar-refractivity contribution in [3.8, 4) is 12.3 Å². The van der Waals surface area contributed by atoms with Crippen molar-refractivity contribution in [2.24, 2.45) is 0 Å². The van der Waals surface area contributed by atoms with Crippen molar-refractivity contribution < 1.29 is 0 Å². The summed E-state index contributed by atoms with van der Waals surface area (Å²) in [5.41, 5.74) is 7.30. The molecule has 0 aliphatic carbocycles. The molecule has 0 heterocycles. The van der Waals surface area contributed by atoms with Crippen molar-refractivity contribution in [2.75, 3.05) is 5.32 Å². The van der Waals surface area contributed by atoms with Crippen LogP contribution in [0.25, 0.3) is 0 Å². The van der Waals surface area contributed by atoms with E-state index >= 15 is 0 Å². The Kier molecular flexibility index (Phi) is 4.15. The van der Waals surface area contributed by atoms with Gasteiger partial charge >= 0.3 is 0 Å². The molecule has 2 rings (SSSR count). The van der Waals surface area contributed by atoms with E-state index in [0.29, 0.717) is 0 Å². The third-order valence-corrected chi connectivity index (χ3v) is 3.58. The van der Waals surface area contributed by atoms with Gasteiger partial charge in [0.25, 0.3) is 0 Å². The number of hydrogen-bond donors (Lipinski definition) is 1. The fraction of sp³-hybridized carbons (Fsp3) is 0.263. The Morgan fingerprint density at radius 1 is 1.05 bits per heavy atom. The largest absolute Gasteiger partial charge is 0.378 e. The lowest BCUT2D eigenvalue weighted by Gasteiger charge is -2.21. The van der Waals surface area contributed by atoms with E-state index in [9.17, 15) is 0 Å². The van der Waals surface area contributed by atoms with E-state index in [1.165, 1.54) is 22.3 Å². The molecule has 1 N–H and O–H groups in total. The molecule has 1 nitrogen and oxygen atoms in total. The van der Waals surface area contributed by atoms with E-state index in [0.717, 1.165) is 11.3 Å². The van der Waals surface area contributed by atoms with Crippen LogP contribution in [0.1, 0.15) is 40.8 Å². The summed E-state index contributed by atoms with van der Waals surface area (Å²) in [5, 5.41) is 3.54. The molecule has 0 saturated carbocycles. The molecule has 0 aliphatic rings. The van der Waals surface area contributed by atoms with E-state index in [-0.39, 0.29) is 6.04 Å². The van der Waals surface area contributed by atoms with Gasteiger partial charge in [0.15, 0.2) is 0 Å². The Hall–Kier alpha value is -2.20. The molecular formula is C19H21N. The summed E-state index contributed by atoms with van der Waals surface area (Å²) >= 11 is 0. The predicted octanol–water partition coefficient (Wildman–Crippen LogP) is 4.77. The average Bonchev–Trinajstić information content (AvgIpc) is 2.37. The Morgan fingerprint density at radius 2 is 1.70 bits per heavy atom. The molecule has 0 saturated heterocycles. The molecule has 2 aromatic rings. The molecule has 0 aliphatic heterocycles. The second kappa shape index (κ2) is 5.84. The van der Waals surface area contributed by atoms with Crippen molar-refractivity contribution >= 4 is 5.69 Å². The van der Waals surface area contributed by atoms with E-state index in [2.05, 4.69) is 57.1 Å². The summed E-state index contributed by atoms with van der Waals surface area (Å²) in [6.45, 7) is 8.67. The van der Waals surface area contributed by atoms with Gasteiger partial charge in [-0.15, -0.1) is 6.42 Å². The van der Waals surface area contributed by atoms with Crippen LogP contribution in [0.5, 0.6) is 0 Å². The van der Waals surface area contributed by atoms with E-state index < -0.39 is 0 Å². The monoisotopic (exact) mass is 263 g/mol. The van der Waals surface area contributed by atoms with Gasteiger partial charge in [0.1, 0.15) is 0 Å². The molecule has 0 amide bonds. The van der Waals surface area contributed by atoms with Crippen LogP contribution < -0.4 is 5.32 Å². The molecule has 0 spiro atoms. The van der Waals surface area contributed by atoms with E-state index in [4.69, 9.17) is 6.42 Å². The number of rotatable bonds is 3. The zero-order valence-electron chi connectivity index (χ0n) is 12.6. The second-order valence-corrected chi connectivity index (χ2v) is 5.40. The first-order valence-corrected chi connectivity index (χ1v) is 6.92. The van der Waals surface area contributed by atoms with Gasteiger partial charge < -0.3 is 5.32 Å². The highest BCUT2D eigenvalue weighted by Crippen LogP contribution is 2.26. The zero-order valence-corrected chi connectivity index (χ0v) is 12.6. The topological polar surface area (TPSA) is 12.0 Å². The van der Waals surface area contributed by atoms with Gasteiger partial charge in [0.05, 0.1) is 0 Å². The van der Waals surface area contributed by atoms with Crippen molar-refractivity contribution in [3.05, 3.63) is 64.2 Å². The molecule has 2 aromatic carbocycles. The number of terminal acetylenes is 1. The zero-order chi connectivity index (χ0) is 14.7. The van der Waals surface area contributed by atoms with Gasteiger partial charge in [-0.05, 0) is 62.6 Å². The standard InChI is InChI=1S/C19H21N/c1-6-17-8-7-9-18(12-17)20-16(5)19-14(3)10-13(2)11-15(19)4/h1,7-12,16,20H,2-5H3. The number of nitrogens with one attached hydrogen (secondary N) is 1. The number of anilines is 1. The van der Waals surface area contributed by atoms with Gasteiger partial charge in [-0.25, -0.2) is 0 Å². The molecule has 1 heteroatoms. The van der Waals surface area contributed by atoms with Gasteiger partial charge in [-0.1, -0.05) is 29.7 Å². The molecule has 0 fully saturated rings. The Bertz CT molecular complexity index is 639. The van der Waals surface area contributed by atoms with Crippen LogP contribution in [0.3, 0.4) is 0 Å². The van der Waals surface area contributed by atoms with Gasteiger partial charge in [-0.3, -0.25) is 0 Å². The first kappa shape index (κ1) is 14.2. The van der Waals surface area contributed by atoms with E-state index in [1.807, 2.05) is 18.2 Å². The molecule has 1 unspecified atom stereocenters. The summed E-state index contributed by atoms with van der Waals surface area (Å²) in [4.78, 5) is 0. The van der Waals surface area contributed by atoms with Crippen LogP contribution in [-0.2, 0) is 0 Å². The van der Waals surface area contributed by atoms with Crippen LogP contribution >= 0.6 is 0 Å². The minimum Gasteiger partial charge on any atom is -0.378 e. The van der Waals surface area contributed by atoms with Crippen LogP contribution in [0.4, 0.5) is 5.69 Å². The number of benzene rings is 2. The minimum absolute atomic E-state index is 0.253. The first-order valence-electron chi connectivity index (χ1n) is 6.92. The van der Waals surface area contributed by atoms with Crippen LogP contribution in [-0.4, -0.2) is 0 Å². The fourth-order valence-electron chi connectivity index (χ4n) is 2.90. The summed E-state index contributed by atoms with van der Waals surface area (Å²) in [6, 6.07) is 12.7. The highest BCUT2D eigenvalue weighted by molar-refractivity contribution is 5.52. The van der Waals surface area contributed by atoms with E-state index in [1.54, 1.807) is 0 Å². The fourth-order valence-corrected chi connectivity index (χ4v) is 2.90. The molecule has 1 atom stereocenters. The smallest absolute Gasteiger partial charge is 0.0490 e. The molecule has 0 aromatic heterocycles. The Balaban J connectivity index is 2.28. The average molecular weight is 263 g/mol. The van der Waals surface area contributed by atoms with Crippen LogP contribution in [0.15, 0.2) is 36.4 Å². The number of hydrogen-bond acceptors (Lipinski definition) is 1. The maximum Gasteiger partial charge on any atom is 0.0490 e. The van der Waals surface area contributed by atoms with Gasteiger partial charge in [0.2, 0.25) is 0 Å². The Labute approximate surface area is 122 Å². The number of aryl methyl sites for hydroxylation is 3.